The summed E-state index contributed by atoms with van der Waals surface area (Å²) in [7, 11) is 1.75. The van der Waals surface area contributed by atoms with Gasteiger partial charge in [-0.05, 0) is 37.6 Å². The van der Waals surface area contributed by atoms with Gasteiger partial charge in [0, 0.05) is 29.8 Å². The summed E-state index contributed by atoms with van der Waals surface area (Å²) in [5, 5.41) is 6.87. The van der Waals surface area contributed by atoms with Crippen molar-refractivity contribution < 1.29 is 27.5 Å². The molecule has 1 saturated heterocycles. The molecular formula is C25H28F3N5O3S. The lowest BCUT2D eigenvalue weighted by atomic mass is 10.1. The number of halogens is 3. The Bertz CT molecular complexity index is 1340. The van der Waals surface area contributed by atoms with E-state index in [2.05, 4.69) is 15.4 Å². The molecule has 3 aromatic rings. The maximum absolute atomic E-state index is 13.6. The van der Waals surface area contributed by atoms with Gasteiger partial charge >= 0.3 is 6.18 Å². The van der Waals surface area contributed by atoms with Gasteiger partial charge in [-0.2, -0.15) is 18.3 Å². The zero-order chi connectivity index (χ0) is 26.7. The van der Waals surface area contributed by atoms with Crippen molar-refractivity contribution in [2.24, 2.45) is 17.3 Å². The van der Waals surface area contributed by atoms with Gasteiger partial charge in [0.2, 0.25) is 11.8 Å². The van der Waals surface area contributed by atoms with Crippen molar-refractivity contribution in [2.45, 2.75) is 46.1 Å². The lowest BCUT2D eigenvalue weighted by Gasteiger charge is -2.19. The van der Waals surface area contributed by atoms with E-state index >= 15 is 0 Å². The fraction of sp³-hybridized carbons (Fsp3) is 0.520. The number of imide groups is 1. The molecule has 3 aromatic heterocycles. The Kier molecular flexibility index (Phi) is 6.40. The van der Waals surface area contributed by atoms with E-state index in [1.807, 2.05) is 20.8 Å². The fourth-order valence-corrected chi connectivity index (χ4v) is 6.45. The summed E-state index contributed by atoms with van der Waals surface area (Å²) in [4.78, 5) is 32.0. The first-order chi connectivity index (χ1) is 17.5. The topological polar surface area (TPSA) is 89.3 Å². The van der Waals surface area contributed by atoms with E-state index in [9.17, 15) is 22.8 Å². The second kappa shape index (κ2) is 9.17. The lowest BCUT2D eigenvalue weighted by molar-refractivity contribution is -0.144. The Labute approximate surface area is 215 Å². The Morgan fingerprint density at radius 1 is 1.22 bits per heavy atom. The second-order valence-corrected chi connectivity index (χ2v) is 11.2. The fourth-order valence-electron chi connectivity index (χ4n) is 5.33. The quantitative estimate of drug-likeness (QED) is 0.418. The van der Waals surface area contributed by atoms with Gasteiger partial charge in [0.05, 0.1) is 46.9 Å². The molecule has 5 rings (SSSR count). The average Bonchev–Trinajstić information content (AvgIpc) is 3.19. The highest BCUT2D eigenvalue weighted by atomic mass is 32.1. The van der Waals surface area contributed by atoms with Gasteiger partial charge in [0.1, 0.15) is 0 Å². The molecule has 2 fully saturated rings. The van der Waals surface area contributed by atoms with Crippen molar-refractivity contribution >= 4 is 33.4 Å². The summed E-state index contributed by atoms with van der Waals surface area (Å²) in [5.41, 5.74) is 0.150. The predicted octanol–water partition coefficient (Wildman–Crippen LogP) is 3.94. The molecule has 3 unspecified atom stereocenters. The number of likely N-dealkylation sites (N-methyl/N-ethyl adjacent to an activating group) is 1. The van der Waals surface area contributed by atoms with Crippen LogP contribution < -0.4 is 5.32 Å². The molecule has 0 bridgehead atoms. The van der Waals surface area contributed by atoms with Gasteiger partial charge < -0.3 is 10.1 Å². The molecule has 0 aromatic carbocycles. The van der Waals surface area contributed by atoms with Gasteiger partial charge in [-0.1, -0.05) is 13.8 Å². The van der Waals surface area contributed by atoms with Crippen LogP contribution in [0.2, 0.25) is 0 Å². The number of hydrogen-bond acceptors (Lipinski definition) is 7. The van der Waals surface area contributed by atoms with Crippen LogP contribution in [-0.4, -0.2) is 57.8 Å². The first-order valence-corrected chi connectivity index (χ1v) is 12.9. The van der Waals surface area contributed by atoms with E-state index in [0.717, 1.165) is 10.9 Å². The van der Waals surface area contributed by atoms with E-state index in [1.165, 1.54) is 27.1 Å². The number of nitrogens with zero attached hydrogens (tertiary/aromatic N) is 4. The number of likely N-dealkylation sites (tertiary alicyclic amines) is 1. The molecular weight excluding hydrogens is 507 g/mol. The van der Waals surface area contributed by atoms with E-state index in [0.29, 0.717) is 34.6 Å². The van der Waals surface area contributed by atoms with Crippen LogP contribution in [0, 0.1) is 17.3 Å². The number of carbonyl (C=O) groups is 2. The second-order valence-electron chi connectivity index (χ2n) is 10.1. The third-order valence-electron chi connectivity index (χ3n) is 7.23. The van der Waals surface area contributed by atoms with Crippen LogP contribution in [0.4, 0.5) is 13.2 Å². The van der Waals surface area contributed by atoms with Crippen LogP contribution >= 0.6 is 11.3 Å². The van der Waals surface area contributed by atoms with E-state index in [1.54, 1.807) is 19.2 Å². The maximum atomic E-state index is 13.6. The Balaban J connectivity index is 1.50. The molecule has 2 aliphatic rings. The van der Waals surface area contributed by atoms with Gasteiger partial charge in [-0.3, -0.25) is 24.2 Å². The highest BCUT2D eigenvalue weighted by Gasteiger charge is 2.72. The number of piperidine rings is 1. The number of thiophene rings is 1. The standard InChI is InChI=1S/C25H28F3N5O3S/c1-5-36-13(10-29-4)11-33-17(9-18(31-33)25(26,27)28)15-6-7-30-16-8-14(37-21(15)16)12-32-22(34)19-20(23(32)35)24(19,2)3/h6-9,13,19-20,29H,5,10-12H2,1-4H3. The van der Waals surface area contributed by atoms with Crippen LogP contribution in [0.3, 0.4) is 0 Å². The van der Waals surface area contributed by atoms with Gasteiger partial charge in [0.15, 0.2) is 5.69 Å². The number of alkyl halides is 3. The summed E-state index contributed by atoms with van der Waals surface area (Å²) >= 11 is 1.32. The molecule has 37 heavy (non-hydrogen) atoms. The number of hydrogen-bond donors (Lipinski definition) is 1. The van der Waals surface area contributed by atoms with E-state index in [4.69, 9.17) is 4.74 Å². The highest BCUT2D eigenvalue weighted by molar-refractivity contribution is 7.19. The normalized spacial score (nSPS) is 21.6. The Morgan fingerprint density at radius 3 is 2.54 bits per heavy atom. The average molecular weight is 536 g/mol. The SMILES string of the molecule is CCOC(CNC)Cn1nc(C(F)(F)F)cc1-c1ccnc2cc(CN3C(=O)C4C(C3=O)C4(C)C)sc12. The number of fused-ring (bicyclic) bond motifs is 2. The number of amides is 2. The summed E-state index contributed by atoms with van der Waals surface area (Å²) in [6.07, 6.45) is -3.45. The van der Waals surface area contributed by atoms with E-state index in [-0.39, 0.29) is 48.3 Å². The van der Waals surface area contributed by atoms with Crippen molar-refractivity contribution in [2.75, 3.05) is 20.2 Å². The smallest absolute Gasteiger partial charge is 0.375 e. The monoisotopic (exact) mass is 535 g/mol. The van der Waals surface area contributed by atoms with Crippen molar-refractivity contribution in [1.29, 1.82) is 0 Å². The van der Waals surface area contributed by atoms with Crippen LogP contribution in [0.5, 0.6) is 0 Å². The largest absolute Gasteiger partial charge is 0.435 e. The van der Waals surface area contributed by atoms with Crippen LogP contribution in [0.15, 0.2) is 24.4 Å². The molecule has 3 atom stereocenters. The molecule has 2 amide bonds. The van der Waals surface area contributed by atoms with Crippen molar-refractivity contribution in [3.63, 3.8) is 0 Å². The zero-order valence-electron chi connectivity index (χ0n) is 20.9. The zero-order valence-corrected chi connectivity index (χ0v) is 21.7. The first kappa shape index (κ1) is 25.8. The molecule has 0 spiro atoms. The van der Waals surface area contributed by atoms with Crippen molar-refractivity contribution in [1.82, 2.24) is 25.0 Å². The number of ether oxygens (including phenoxy) is 1. The highest BCUT2D eigenvalue weighted by Crippen LogP contribution is 2.63. The molecule has 8 nitrogen and oxygen atoms in total. The molecule has 0 radical (unpaired) electrons. The number of aromatic nitrogens is 3. The molecule has 1 aliphatic carbocycles. The van der Waals surface area contributed by atoms with Crippen LogP contribution in [0.1, 0.15) is 31.3 Å². The molecule has 4 heterocycles. The van der Waals surface area contributed by atoms with Gasteiger partial charge in [-0.25, -0.2) is 0 Å². The molecule has 1 N–H and O–H groups in total. The van der Waals surface area contributed by atoms with Crippen molar-refractivity contribution in [3.8, 4) is 11.3 Å². The third-order valence-corrected chi connectivity index (χ3v) is 8.37. The summed E-state index contributed by atoms with van der Waals surface area (Å²) < 4.78 is 48.6. The van der Waals surface area contributed by atoms with Crippen LogP contribution in [0.25, 0.3) is 21.5 Å². The van der Waals surface area contributed by atoms with E-state index < -0.39 is 11.9 Å². The van der Waals surface area contributed by atoms with Crippen molar-refractivity contribution in [3.05, 3.63) is 35.0 Å². The third kappa shape index (κ3) is 4.44. The number of carbonyl (C=O) groups excluding carboxylic acids is 2. The summed E-state index contributed by atoms with van der Waals surface area (Å²) in [6, 6.07) is 4.49. The summed E-state index contributed by atoms with van der Waals surface area (Å²) in [6.45, 7) is 6.79. The molecule has 12 heteroatoms. The Hall–Kier alpha value is -2.83. The first-order valence-electron chi connectivity index (χ1n) is 12.1. The molecule has 198 valence electrons. The predicted molar refractivity (Wildman–Crippen MR) is 132 cm³/mol. The minimum Gasteiger partial charge on any atom is -0.375 e. The minimum atomic E-state index is -4.61. The number of nitrogens with one attached hydrogen (secondary N) is 1. The number of rotatable bonds is 9. The van der Waals surface area contributed by atoms with Crippen LogP contribution in [-0.2, 0) is 33.6 Å². The summed E-state index contributed by atoms with van der Waals surface area (Å²) in [5.74, 6) is -0.863. The molecule has 1 saturated carbocycles. The lowest BCUT2D eigenvalue weighted by Crippen LogP contribution is -2.35. The van der Waals surface area contributed by atoms with Gasteiger partial charge in [-0.15, -0.1) is 11.3 Å². The number of pyridine rings is 1. The maximum Gasteiger partial charge on any atom is 0.435 e. The van der Waals surface area contributed by atoms with Gasteiger partial charge in [0.25, 0.3) is 0 Å². The minimum absolute atomic E-state index is 0.123. The Morgan fingerprint density at radius 2 is 1.92 bits per heavy atom. The molecule has 1 aliphatic heterocycles.